The van der Waals surface area contributed by atoms with E-state index in [2.05, 4.69) is 36.9 Å². The van der Waals surface area contributed by atoms with Crippen LogP contribution in [-0.4, -0.2) is 35.0 Å². The van der Waals surface area contributed by atoms with E-state index in [1.54, 1.807) is 4.90 Å². The van der Waals surface area contributed by atoms with E-state index in [1.165, 1.54) is 11.1 Å². The average molecular weight is 352 g/mol. The predicted octanol–water partition coefficient (Wildman–Crippen LogP) is 4.42. The van der Waals surface area contributed by atoms with Crippen molar-refractivity contribution < 1.29 is 14.3 Å². The number of aryl methyl sites for hydroxylation is 1. The Labute approximate surface area is 150 Å². The standard InChI is InChI=1S/C19H29NO3S/c1-18(2,3)23-17(21)20-16(12-22-19(20,4)5)11-10-14-6-8-15(13-24)9-7-14/h6-9,16,24H,10-13H2,1-5H3. The molecule has 1 fully saturated rings. The van der Waals surface area contributed by atoms with Crippen LogP contribution in [0.3, 0.4) is 0 Å². The molecule has 1 aromatic rings. The van der Waals surface area contributed by atoms with Crippen molar-refractivity contribution in [3.05, 3.63) is 35.4 Å². The summed E-state index contributed by atoms with van der Waals surface area (Å²) in [6, 6.07) is 8.49. The zero-order valence-corrected chi connectivity index (χ0v) is 16.2. The molecule has 0 bridgehead atoms. The first kappa shape index (κ1) is 19.1. The second kappa shape index (κ2) is 7.36. The van der Waals surface area contributed by atoms with E-state index in [1.807, 2.05) is 34.6 Å². The normalized spacial score (nSPS) is 20.2. The summed E-state index contributed by atoms with van der Waals surface area (Å²) < 4.78 is 11.4. The summed E-state index contributed by atoms with van der Waals surface area (Å²) in [4.78, 5) is 14.3. The highest BCUT2D eigenvalue weighted by Gasteiger charge is 2.45. The Morgan fingerprint density at radius 2 is 1.88 bits per heavy atom. The van der Waals surface area contributed by atoms with Gasteiger partial charge in [-0.15, -0.1) is 0 Å². The van der Waals surface area contributed by atoms with Crippen molar-refractivity contribution in [2.75, 3.05) is 6.61 Å². The van der Waals surface area contributed by atoms with Crippen LogP contribution < -0.4 is 0 Å². The molecular formula is C19H29NO3S. The Kier molecular flexibility index (Phi) is 5.87. The van der Waals surface area contributed by atoms with Gasteiger partial charge in [0.15, 0.2) is 0 Å². The number of ether oxygens (including phenoxy) is 2. The fourth-order valence-corrected chi connectivity index (χ4v) is 3.13. The molecule has 1 amide bonds. The quantitative estimate of drug-likeness (QED) is 0.816. The number of rotatable bonds is 4. The maximum absolute atomic E-state index is 12.6. The maximum atomic E-state index is 12.6. The minimum atomic E-state index is -0.636. The monoisotopic (exact) mass is 351 g/mol. The predicted molar refractivity (Wildman–Crippen MR) is 99.3 cm³/mol. The van der Waals surface area contributed by atoms with Gasteiger partial charge in [0, 0.05) is 5.75 Å². The molecule has 1 aliphatic heterocycles. The van der Waals surface area contributed by atoms with Crippen LogP contribution in [0, 0.1) is 0 Å². The second-order valence-corrected chi connectivity index (χ2v) is 8.09. The van der Waals surface area contributed by atoms with Crippen molar-refractivity contribution in [2.45, 2.75) is 70.6 Å². The van der Waals surface area contributed by atoms with Crippen LogP contribution in [0.2, 0.25) is 0 Å². The molecule has 1 aliphatic rings. The van der Waals surface area contributed by atoms with Crippen LogP contribution in [0.5, 0.6) is 0 Å². The Hall–Kier alpha value is -1.20. The molecule has 2 rings (SSSR count). The van der Waals surface area contributed by atoms with E-state index in [-0.39, 0.29) is 12.1 Å². The summed E-state index contributed by atoms with van der Waals surface area (Å²) in [5, 5.41) is 0. The molecule has 134 valence electrons. The second-order valence-electron chi connectivity index (χ2n) is 7.78. The summed E-state index contributed by atoms with van der Waals surface area (Å²) in [7, 11) is 0. The summed E-state index contributed by atoms with van der Waals surface area (Å²) in [5.41, 5.74) is 1.32. The molecule has 0 radical (unpaired) electrons. The third-order valence-corrected chi connectivity index (χ3v) is 4.50. The molecule has 0 aliphatic carbocycles. The first-order valence-corrected chi connectivity index (χ1v) is 9.10. The van der Waals surface area contributed by atoms with Gasteiger partial charge in [0.2, 0.25) is 0 Å². The molecule has 1 heterocycles. The number of benzene rings is 1. The SMILES string of the molecule is CC(C)(C)OC(=O)N1C(CCc2ccc(CS)cc2)COC1(C)C. The van der Waals surface area contributed by atoms with Gasteiger partial charge in [0.1, 0.15) is 11.3 Å². The summed E-state index contributed by atoms with van der Waals surface area (Å²) in [5.74, 6) is 0.747. The summed E-state index contributed by atoms with van der Waals surface area (Å²) in [6.45, 7) is 10.0. The minimum Gasteiger partial charge on any atom is -0.444 e. The van der Waals surface area contributed by atoms with Crippen molar-refractivity contribution in [1.29, 1.82) is 0 Å². The van der Waals surface area contributed by atoms with E-state index >= 15 is 0 Å². The van der Waals surface area contributed by atoms with E-state index in [0.717, 1.165) is 18.6 Å². The van der Waals surface area contributed by atoms with Gasteiger partial charge >= 0.3 is 6.09 Å². The zero-order chi connectivity index (χ0) is 18.0. The van der Waals surface area contributed by atoms with Crippen LogP contribution in [0.25, 0.3) is 0 Å². The summed E-state index contributed by atoms with van der Waals surface area (Å²) >= 11 is 4.28. The molecular weight excluding hydrogens is 322 g/mol. The van der Waals surface area contributed by atoms with Gasteiger partial charge in [-0.25, -0.2) is 4.79 Å². The first-order valence-electron chi connectivity index (χ1n) is 8.47. The van der Waals surface area contributed by atoms with E-state index < -0.39 is 11.3 Å². The van der Waals surface area contributed by atoms with Crippen molar-refractivity contribution in [3.8, 4) is 0 Å². The van der Waals surface area contributed by atoms with Crippen molar-refractivity contribution >= 4 is 18.7 Å². The number of hydrogen-bond donors (Lipinski definition) is 1. The molecule has 1 aromatic carbocycles. The van der Waals surface area contributed by atoms with Gasteiger partial charge in [-0.3, -0.25) is 4.90 Å². The average Bonchev–Trinajstić information content (AvgIpc) is 2.78. The number of carbonyl (C=O) groups is 1. The molecule has 0 saturated carbocycles. The van der Waals surface area contributed by atoms with E-state index in [4.69, 9.17) is 9.47 Å². The fourth-order valence-electron chi connectivity index (χ4n) is 2.92. The molecule has 0 N–H and O–H groups in total. The smallest absolute Gasteiger partial charge is 0.412 e. The Morgan fingerprint density at radius 1 is 1.29 bits per heavy atom. The Bertz CT molecular complexity index is 563. The van der Waals surface area contributed by atoms with Crippen molar-refractivity contribution in [1.82, 2.24) is 4.90 Å². The molecule has 5 heteroatoms. The number of thiol groups is 1. The van der Waals surface area contributed by atoms with Crippen molar-refractivity contribution in [3.63, 3.8) is 0 Å². The van der Waals surface area contributed by atoms with Crippen LogP contribution in [0.1, 0.15) is 52.2 Å². The minimum absolute atomic E-state index is 0.0272. The molecule has 24 heavy (non-hydrogen) atoms. The van der Waals surface area contributed by atoms with Gasteiger partial charge in [-0.05, 0) is 58.6 Å². The largest absolute Gasteiger partial charge is 0.444 e. The van der Waals surface area contributed by atoms with Gasteiger partial charge in [-0.1, -0.05) is 24.3 Å². The van der Waals surface area contributed by atoms with Crippen LogP contribution >= 0.6 is 12.6 Å². The Balaban J connectivity index is 2.03. The molecule has 1 unspecified atom stereocenters. The zero-order valence-electron chi connectivity index (χ0n) is 15.3. The lowest BCUT2D eigenvalue weighted by Gasteiger charge is -2.35. The topological polar surface area (TPSA) is 38.8 Å². The lowest BCUT2D eigenvalue weighted by atomic mass is 10.0. The number of hydrogen-bond acceptors (Lipinski definition) is 4. The van der Waals surface area contributed by atoms with Gasteiger partial charge in [0.25, 0.3) is 0 Å². The third kappa shape index (κ3) is 4.90. The molecule has 4 nitrogen and oxygen atoms in total. The molecule has 0 spiro atoms. The molecule has 0 aromatic heterocycles. The van der Waals surface area contributed by atoms with Crippen molar-refractivity contribution in [2.24, 2.45) is 0 Å². The highest BCUT2D eigenvalue weighted by Crippen LogP contribution is 2.31. The lowest BCUT2D eigenvalue weighted by Crippen LogP contribution is -2.49. The fraction of sp³-hybridized carbons (Fsp3) is 0.632. The van der Waals surface area contributed by atoms with E-state index in [0.29, 0.717) is 6.61 Å². The van der Waals surface area contributed by atoms with Crippen LogP contribution in [0.15, 0.2) is 24.3 Å². The highest BCUT2D eigenvalue weighted by atomic mass is 32.1. The Morgan fingerprint density at radius 3 is 2.42 bits per heavy atom. The molecule has 1 atom stereocenters. The molecule has 1 saturated heterocycles. The number of carbonyl (C=O) groups excluding carboxylic acids is 1. The van der Waals surface area contributed by atoms with Gasteiger partial charge in [-0.2, -0.15) is 12.6 Å². The van der Waals surface area contributed by atoms with Gasteiger partial charge < -0.3 is 9.47 Å². The maximum Gasteiger partial charge on any atom is 0.412 e. The number of amides is 1. The van der Waals surface area contributed by atoms with Gasteiger partial charge in [0.05, 0.1) is 12.6 Å². The summed E-state index contributed by atoms with van der Waals surface area (Å²) in [6.07, 6.45) is 1.44. The van der Waals surface area contributed by atoms with Crippen LogP contribution in [-0.2, 0) is 21.6 Å². The first-order chi connectivity index (χ1) is 11.1. The lowest BCUT2D eigenvalue weighted by molar-refractivity contribution is -0.0626. The van der Waals surface area contributed by atoms with Crippen LogP contribution in [0.4, 0.5) is 4.79 Å². The van der Waals surface area contributed by atoms with E-state index in [9.17, 15) is 4.79 Å². The highest BCUT2D eigenvalue weighted by molar-refractivity contribution is 7.79. The number of nitrogens with zero attached hydrogens (tertiary/aromatic N) is 1. The third-order valence-electron chi connectivity index (χ3n) is 4.14.